The Balaban J connectivity index is 0.00000196. The van der Waals surface area contributed by atoms with E-state index >= 15 is 0 Å². The summed E-state index contributed by atoms with van der Waals surface area (Å²) in [5.74, 6) is 0.133. The summed E-state index contributed by atoms with van der Waals surface area (Å²) >= 11 is 1.67. The molecule has 0 saturated carbocycles. The third-order valence-electron chi connectivity index (χ3n) is 1.87. The highest BCUT2D eigenvalue weighted by molar-refractivity contribution is 7.09. The normalized spacial score (nSPS) is 9.40. The summed E-state index contributed by atoms with van der Waals surface area (Å²) < 4.78 is 0. The molecule has 0 saturated heterocycles. The van der Waals surface area contributed by atoms with Crippen LogP contribution in [0.1, 0.15) is 17.7 Å². The van der Waals surface area contributed by atoms with Crippen molar-refractivity contribution < 1.29 is 4.79 Å². The van der Waals surface area contributed by atoms with Gasteiger partial charge in [0.15, 0.2) is 0 Å². The molecule has 0 aliphatic carbocycles. The lowest BCUT2D eigenvalue weighted by Crippen LogP contribution is -2.23. The molecule has 3 nitrogen and oxygen atoms in total. The lowest BCUT2D eigenvalue weighted by atomic mass is 10.3. The molecule has 0 aliphatic rings. The van der Waals surface area contributed by atoms with Gasteiger partial charge in [-0.15, -0.1) is 23.7 Å². The van der Waals surface area contributed by atoms with E-state index in [1.165, 1.54) is 4.88 Å². The van der Waals surface area contributed by atoms with E-state index in [-0.39, 0.29) is 18.3 Å². The number of amides is 1. The summed E-state index contributed by atoms with van der Waals surface area (Å²) in [6.45, 7) is 1.56. The second kappa shape index (κ2) is 8.71. The molecule has 0 spiro atoms. The maximum atomic E-state index is 11.3. The monoisotopic (exact) mass is 248 g/mol. The second-order valence-corrected chi connectivity index (χ2v) is 4.10. The van der Waals surface area contributed by atoms with Crippen LogP contribution in [0, 0.1) is 0 Å². The van der Waals surface area contributed by atoms with Gasteiger partial charge >= 0.3 is 0 Å². The van der Waals surface area contributed by atoms with E-state index in [2.05, 4.69) is 10.6 Å². The first-order valence-electron chi connectivity index (χ1n) is 4.76. The molecule has 1 amide bonds. The SMILES string of the molecule is CNCCCC(=O)NCc1cccs1.Cl. The zero-order valence-electron chi connectivity index (χ0n) is 8.79. The Morgan fingerprint density at radius 3 is 2.93 bits per heavy atom. The Hall–Kier alpha value is -0.580. The zero-order chi connectivity index (χ0) is 10.2. The van der Waals surface area contributed by atoms with Crippen LogP contribution in [0.5, 0.6) is 0 Å². The molecule has 0 unspecified atom stereocenters. The van der Waals surface area contributed by atoms with Crippen molar-refractivity contribution in [2.45, 2.75) is 19.4 Å². The molecule has 2 N–H and O–H groups in total. The summed E-state index contributed by atoms with van der Waals surface area (Å²) in [5.41, 5.74) is 0. The molecule has 1 rings (SSSR count). The fraction of sp³-hybridized carbons (Fsp3) is 0.500. The van der Waals surface area contributed by atoms with Crippen molar-refractivity contribution in [3.8, 4) is 0 Å². The molecule has 86 valence electrons. The molecule has 5 heteroatoms. The minimum atomic E-state index is 0. The number of hydrogen-bond acceptors (Lipinski definition) is 3. The molecule has 0 bridgehead atoms. The Kier molecular flexibility index (Phi) is 8.37. The third kappa shape index (κ3) is 6.49. The van der Waals surface area contributed by atoms with Crippen molar-refractivity contribution in [2.24, 2.45) is 0 Å². The minimum Gasteiger partial charge on any atom is -0.351 e. The van der Waals surface area contributed by atoms with Crippen LogP contribution in [-0.2, 0) is 11.3 Å². The van der Waals surface area contributed by atoms with E-state index in [0.717, 1.165) is 13.0 Å². The van der Waals surface area contributed by atoms with E-state index in [1.54, 1.807) is 11.3 Å². The standard InChI is InChI=1S/C10H16N2OS.ClH/c1-11-6-2-5-10(13)12-8-9-4-3-7-14-9;/h3-4,7,11H,2,5-6,8H2,1H3,(H,12,13);1H. The van der Waals surface area contributed by atoms with Crippen LogP contribution >= 0.6 is 23.7 Å². The van der Waals surface area contributed by atoms with Crippen molar-refractivity contribution >= 4 is 29.7 Å². The molecule has 0 atom stereocenters. The molecule has 1 heterocycles. The van der Waals surface area contributed by atoms with Crippen LogP contribution in [0.15, 0.2) is 17.5 Å². The highest BCUT2D eigenvalue weighted by Crippen LogP contribution is 2.07. The average Bonchev–Trinajstić information content (AvgIpc) is 2.68. The lowest BCUT2D eigenvalue weighted by Gasteiger charge is -2.02. The van der Waals surface area contributed by atoms with Crippen LogP contribution in [-0.4, -0.2) is 19.5 Å². The number of hydrogen-bond donors (Lipinski definition) is 2. The predicted octanol–water partition coefficient (Wildman–Crippen LogP) is 1.79. The molecule has 1 aromatic heterocycles. The quantitative estimate of drug-likeness (QED) is 0.754. The number of halogens is 1. The van der Waals surface area contributed by atoms with E-state index in [4.69, 9.17) is 0 Å². The van der Waals surface area contributed by atoms with E-state index in [0.29, 0.717) is 13.0 Å². The molecular formula is C10H17ClN2OS. The topological polar surface area (TPSA) is 41.1 Å². The number of carbonyl (C=O) groups excluding carboxylic acids is 1. The van der Waals surface area contributed by atoms with Gasteiger partial charge in [0.05, 0.1) is 6.54 Å². The smallest absolute Gasteiger partial charge is 0.220 e. The molecule has 0 radical (unpaired) electrons. The van der Waals surface area contributed by atoms with Crippen molar-refractivity contribution in [1.29, 1.82) is 0 Å². The first kappa shape index (κ1) is 14.4. The predicted molar refractivity (Wildman–Crippen MR) is 66.6 cm³/mol. The van der Waals surface area contributed by atoms with Crippen molar-refractivity contribution in [2.75, 3.05) is 13.6 Å². The number of thiophene rings is 1. The van der Waals surface area contributed by atoms with Gasteiger partial charge in [0.25, 0.3) is 0 Å². The highest BCUT2D eigenvalue weighted by atomic mass is 35.5. The maximum absolute atomic E-state index is 11.3. The van der Waals surface area contributed by atoms with Gasteiger partial charge in [0.1, 0.15) is 0 Å². The lowest BCUT2D eigenvalue weighted by molar-refractivity contribution is -0.121. The van der Waals surface area contributed by atoms with Crippen LogP contribution < -0.4 is 10.6 Å². The summed E-state index contributed by atoms with van der Waals surface area (Å²) in [6.07, 6.45) is 1.50. The molecule has 1 aromatic rings. The maximum Gasteiger partial charge on any atom is 0.220 e. The summed E-state index contributed by atoms with van der Waals surface area (Å²) in [7, 11) is 1.89. The minimum absolute atomic E-state index is 0. The summed E-state index contributed by atoms with van der Waals surface area (Å²) in [4.78, 5) is 12.5. The molecule has 15 heavy (non-hydrogen) atoms. The average molecular weight is 249 g/mol. The van der Waals surface area contributed by atoms with Gasteiger partial charge in [-0.3, -0.25) is 4.79 Å². The Bertz CT molecular complexity index is 264. The van der Waals surface area contributed by atoms with Gasteiger partial charge in [-0.25, -0.2) is 0 Å². The number of carbonyl (C=O) groups is 1. The van der Waals surface area contributed by atoms with Gasteiger partial charge in [0.2, 0.25) is 5.91 Å². The molecule has 0 aliphatic heterocycles. The third-order valence-corrected chi connectivity index (χ3v) is 2.75. The van der Waals surface area contributed by atoms with Gasteiger partial charge in [-0.1, -0.05) is 6.07 Å². The summed E-state index contributed by atoms with van der Waals surface area (Å²) in [6, 6.07) is 4.02. The molecular weight excluding hydrogens is 232 g/mol. The van der Waals surface area contributed by atoms with E-state index in [9.17, 15) is 4.79 Å². The Morgan fingerprint density at radius 1 is 1.53 bits per heavy atom. The van der Waals surface area contributed by atoms with Gasteiger partial charge in [-0.2, -0.15) is 0 Å². The Morgan fingerprint density at radius 2 is 2.33 bits per heavy atom. The van der Waals surface area contributed by atoms with Crippen LogP contribution in [0.4, 0.5) is 0 Å². The largest absolute Gasteiger partial charge is 0.351 e. The van der Waals surface area contributed by atoms with E-state index < -0.39 is 0 Å². The second-order valence-electron chi connectivity index (χ2n) is 3.06. The zero-order valence-corrected chi connectivity index (χ0v) is 10.4. The van der Waals surface area contributed by atoms with Gasteiger partial charge in [0, 0.05) is 11.3 Å². The fourth-order valence-corrected chi connectivity index (χ4v) is 1.76. The van der Waals surface area contributed by atoms with Crippen LogP contribution in [0.3, 0.4) is 0 Å². The van der Waals surface area contributed by atoms with Gasteiger partial charge in [-0.05, 0) is 31.5 Å². The fourth-order valence-electron chi connectivity index (χ4n) is 1.11. The van der Waals surface area contributed by atoms with E-state index in [1.807, 2.05) is 24.6 Å². The first-order valence-corrected chi connectivity index (χ1v) is 5.64. The Labute approximate surface area is 101 Å². The molecule has 0 fully saturated rings. The van der Waals surface area contributed by atoms with Gasteiger partial charge < -0.3 is 10.6 Å². The van der Waals surface area contributed by atoms with Crippen LogP contribution in [0.25, 0.3) is 0 Å². The number of rotatable bonds is 6. The van der Waals surface area contributed by atoms with Crippen molar-refractivity contribution in [1.82, 2.24) is 10.6 Å². The van der Waals surface area contributed by atoms with Crippen molar-refractivity contribution in [3.05, 3.63) is 22.4 Å². The van der Waals surface area contributed by atoms with Crippen molar-refractivity contribution in [3.63, 3.8) is 0 Å². The first-order chi connectivity index (χ1) is 6.83. The molecule has 0 aromatic carbocycles. The number of nitrogens with one attached hydrogen (secondary N) is 2. The van der Waals surface area contributed by atoms with Crippen LogP contribution in [0.2, 0.25) is 0 Å². The highest BCUT2D eigenvalue weighted by Gasteiger charge is 2.00. The summed E-state index contributed by atoms with van der Waals surface area (Å²) in [5, 5.41) is 7.92.